The Balaban J connectivity index is 1.68. The lowest BCUT2D eigenvalue weighted by molar-refractivity contribution is -0.0968. The first-order valence-corrected chi connectivity index (χ1v) is 13.5. The summed E-state index contributed by atoms with van der Waals surface area (Å²) in [5.74, 6) is 2.16. The molecule has 0 bridgehead atoms. The molecule has 34 heavy (non-hydrogen) atoms. The van der Waals surface area contributed by atoms with Gasteiger partial charge in [-0.25, -0.2) is 0 Å². The molecule has 3 fully saturated rings. The molecule has 0 aromatic heterocycles. The minimum absolute atomic E-state index is 0.0345. The molecule has 7 atom stereocenters. The predicted molar refractivity (Wildman–Crippen MR) is 139 cm³/mol. The Kier molecular flexibility index (Phi) is 9.80. The molecule has 192 valence electrons. The van der Waals surface area contributed by atoms with Gasteiger partial charge >= 0.3 is 0 Å². The van der Waals surface area contributed by atoms with Crippen LogP contribution in [0.15, 0.2) is 47.6 Å². The molecule has 0 saturated heterocycles. The van der Waals surface area contributed by atoms with Gasteiger partial charge in [-0.2, -0.15) is 0 Å². The molecule has 3 rings (SSSR count). The maximum Gasteiger partial charge on any atom is 0.114 e. The summed E-state index contributed by atoms with van der Waals surface area (Å²) in [5.41, 5.74) is 4.77. The second kappa shape index (κ2) is 12.2. The molecule has 0 radical (unpaired) electrons. The van der Waals surface area contributed by atoms with Crippen molar-refractivity contribution in [3.8, 4) is 0 Å². The van der Waals surface area contributed by atoms with Crippen molar-refractivity contribution in [1.82, 2.24) is 0 Å². The second-order valence-corrected chi connectivity index (χ2v) is 11.5. The van der Waals surface area contributed by atoms with Crippen molar-refractivity contribution < 1.29 is 20.1 Å². The summed E-state index contributed by atoms with van der Waals surface area (Å²) in [6, 6.07) is 0. The number of hydrogen-bond acceptors (Lipinski definition) is 4. The molecule has 3 aliphatic carbocycles. The first-order valence-electron chi connectivity index (χ1n) is 13.5. The van der Waals surface area contributed by atoms with Gasteiger partial charge in [0.05, 0.1) is 6.10 Å². The van der Waals surface area contributed by atoms with Crippen molar-refractivity contribution in [2.45, 2.75) is 103 Å². The van der Waals surface area contributed by atoms with Crippen molar-refractivity contribution in [1.29, 1.82) is 0 Å². The molecule has 0 spiro atoms. The van der Waals surface area contributed by atoms with E-state index in [1.165, 1.54) is 49.7 Å². The zero-order chi connectivity index (χ0) is 24.9. The number of fused-ring (bicyclic) bond motifs is 1. The maximum atomic E-state index is 10.7. The van der Waals surface area contributed by atoms with Crippen LogP contribution in [-0.2, 0) is 4.74 Å². The molecule has 0 heterocycles. The molecule has 0 aromatic rings. The van der Waals surface area contributed by atoms with E-state index in [0.29, 0.717) is 36.4 Å². The van der Waals surface area contributed by atoms with Crippen molar-refractivity contribution in [3.63, 3.8) is 0 Å². The first-order chi connectivity index (χ1) is 16.2. The van der Waals surface area contributed by atoms with E-state index in [4.69, 9.17) is 9.84 Å². The lowest BCUT2D eigenvalue weighted by Gasteiger charge is -2.44. The van der Waals surface area contributed by atoms with Crippen LogP contribution in [0.4, 0.5) is 0 Å². The number of aliphatic hydroxyl groups is 3. The van der Waals surface area contributed by atoms with Crippen LogP contribution in [0.25, 0.3) is 0 Å². The number of hydrogen-bond donors (Lipinski definition) is 3. The molecule has 0 aromatic carbocycles. The largest absolute Gasteiger partial charge is 0.396 e. The van der Waals surface area contributed by atoms with Crippen LogP contribution in [0, 0.1) is 23.2 Å². The average Bonchev–Trinajstić information content (AvgIpc) is 3.15. The van der Waals surface area contributed by atoms with Crippen molar-refractivity contribution in [2.24, 2.45) is 23.2 Å². The highest BCUT2D eigenvalue weighted by Crippen LogP contribution is 2.60. The van der Waals surface area contributed by atoms with Crippen molar-refractivity contribution in [3.05, 3.63) is 47.6 Å². The van der Waals surface area contributed by atoms with Gasteiger partial charge in [-0.15, -0.1) is 6.58 Å². The molecule has 0 aliphatic heterocycles. The summed E-state index contributed by atoms with van der Waals surface area (Å²) in [5, 5.41) is 30.3. The highest BCUT2D eigenvalue weighted by molar-refractivity contribution is 5.40. The summed E-state index contributed by atoms with van der Waals surface area (Å²) >= 11 is 0. The monoisotopic (exact) mass is 472 g/mol. The van der Waals surface area contributed by atoms with Crippen LogP contribution in [0.3, 0.4) is 0 Å². The predicted octanol–water partition coefficient (Wildman–Crippen LogP) is 5.89. The lowest BCUT2D eigenvalue weighted by atomic mass is 9.60. The topological polar surface area (TPSA) is 69.9 Å². The molecule has 0 amide bonds. The fourth-order valence-corrected chi connectivity index (χ4v) is 7.08. The number of aliphatic hydroxyl groups excluding tert-OH is 3. The van der Waals surface area contributed by atoms with E-state index in [-0.39, 0.29) is 6.61 Å². The fourth-order valence-electron chi connectivity index (χ4n) is 7.08. The van der Waals surface area contributed by atoms with Gasteiger partial charge in [0.2, 0.25) is 0 Å². The lowest BCUT2D eigenvalue weighted by Crippen LogP contribution is -2.45. The van der Waals surface area contributed by atoms with E-state index in [0.717, 1.165) is 30.3 Å². The molecule has 4 heteroatoms. The Labute approximate surface area is 207 Å². The molecule has 3 saturated carbocycles. The molecular formula is C30H48O4. The Hall–Kier alpha value is -1.20. The van der Waals surface area contributed by atoms with Gasteiger partial charge in [-0.3, -0.25) is 0 Å². The van der Waals surface area contributed by atoms with E-state index in [2.05, 4.69) is 46.1 Å². The standard InChI is InChI=1S/C30H48O4/c1-20(2)9-6-10-21(3)25-14-15-26-23(11-7-16-30(25,26)5)12-13-24-19-27(32)29(28(33)22(24)4)34-18-8-17-31/h12-13,21,25-29,31-33H,1,4,6-11,14-19H2,2-3,5H3/b23-12+,24-13-/t21-,25-,26+,27-,28-,29-,30-/m1/s1. The summed E-state index contributed by atoms with van der Waals surface area (Å²) in [7, 11) is 0. The Morgan fingerprint density at radius 2 is 2.00 bits per heavy atom. The van der Waals surface area contributed by atoms with E-state index in [1.54, 1.807) is 0 Å². The zero-order valence-corrected chi connectivity index (χ0v) is 21.8. The summed E-state index contributed by atoms with van der Waals surface area (Å²) < 4.78 is 5.64. The summed E-state index contributed by atoms with van der Waals surface area (Å²) in [4.78, 5) is 0. The van der Waals surface area contributed by atoms with Gasteiger partial charge < -0.3 is 20.1 Å². The van der Waals surface area contributed by atoms with Gasteiger partial charge in [0.1, 0.15) is 12.2 Å². The van der Waals surface area contributed by atoms with Gasteiger partial charge in [0.25, 0.3) is 0 Å². The van der Waals surface area contributed by atoms with Crippen LogP contribution in [0.1, 0.15) is 85.0 Å². The third-order valence-corrected chi connectivity index (χ3v) is 8.99. The van der Waals surface area contributed by atoms with E-state index >= 15 is 0 Å². The van der Waals surface area contributed by atoms with Crippen LogP contribution in [-0.4, -0.2) is 46.8 Å². The molecule has 3 aliphatic rings. The van der Waals surface area contributed by atoms with Crippen molar-refractivity contribution in [2.75, 3.05) is 13.2 Å². The molecule has 3 N–H and O–H groups in total. The van der Waals surface area contributed by atoms with Gasteiger partial charge in [-0.1, -0.05) is 50.1 Å². The highest BCUT2D eigenvalue weighted by Gasteiger charge is 2.50. The van der Waals surface area contributed by atoms with Gasteiger partial charge in [-0.05, 0) is 92.6 Å². The van der Waals surface area contributed by atoms with Crippen LogP contribution in [0.5, 0.6) is 0 Å². The molecule has 4 nitrogen and oxygen atoms in total. The normalized spacial score (nSPS) is 37.2. The third kappa shape index (κ3) is 6.13. The number of ether oxygens (including phenoxy) is 1. The Bertz CT molecular complexity index is 781. The average molecular weight is 473 g/mol. The van der Waals surface area contributed by atoms with E-state index in [9.17, 15) is 10.2 Å². The Morgan fingerprint density at radius 1 is 1.24 bits per heavy atom. The first kappa shape index (κ1) is 27.4. The van der Waals surface area contributed by atoms with E-state index < -0.39 is 18.3 Å². The zero-order valence-electron chi connectivity index (χ0n) is 21.8. The summed E-state index contributed by atoms with van der Waals surface area (Å²) in [6.07, 6.45) is 12.9. The second-order valence-electron chi connectivity index (χ2n) is 11.5. The van der Waals surface area contributed by atoms with Gasteiger partial charge in [0.15, 0.2) is 0 Å². The third-order valence-electron chi connectivity index (χ3n) is 8.99. The Morgan fingerprint density at radius 3 is 2.71 bits per heavy atom. The highest BCUT2D eigenvalue weighted by atomic mass is 16.5. The minimum atomic E-state index is -0.917. The molecular weight excluding hydrogens is 424 g/mol. The minimum Gasteiger partial charge on any atom is -0.396 e. The molecule has 0 unspecified atom stereocenters. The van der Waals surface area contributed by atoms with Gasteiger partial charge in [0, 0.05) is 19.6 Å². The fraction of sp³-hybridized carbons (Fsp3) is 0.733. The van der Waals surface area contributed by atoms with Crippen LogP contribution >= 0.6 is 0 Å². The van der Waals surface area contributed by atoms with Crippen molar-refractivity contribution >= 4 is 0 Å². The van der Waals surface area contributed by atoms with Crippen LogP contribution < -0.4 is 0 Å². The maximum absolute atomic E-state index is 10.7. The smallest absolute Gasteiger partial charge is 0.114 e. The SMILES string of the molecule is C=C(C)CCC[C@@H](C)[C@H]1CC[C@H]2/C(=C/C=C3/C[C@@H](O)[C@@H](OCCCO)[C@H](O)C3=C)CCC[C@]12C. The number of allylic oxidation sites excluding steroid dienone is 4. The van der Waals surface area contributed by atoms with E-state index in [1.807, 2.05) is 0 Å². The quantitative estimate of drug-likeness (QED) is 0.274. The summed E-state index contributed by atoms with van der Waals surface area (Å²) in [6.45, 7) is 15.7. The number of rotatable bonds is 10. The van der Waals surface area contributed by atoms with Crippen LogP contribution in [0.2, 0.25) is 0 Å².